The van der Waals surface area contributed by atoms with E-state index in [0.717, 1.165) is 18.5 Å². The zero-order valence-corrected chi connectivity index (χ0v) is 10.8. The Morgan fingerprint density at radius 2 is 1.61 bits per heavy atom. The number of ether oxygens (including phenoxy) is 1. The quantitative estimate of drug-likeness (QED) is 0.895. The van der Waals surface area contributed by atoms with Crippen molar-refractivity contribution < 1.29 is 17.9 Å². The topological polar surface area (TPSA) is 21.3 Å². The maximum Gasteiger partial charge on any atom is 0.573 e. The van der Waals surface area contributed by atoms with Gasteiger partial charge in [0.1, 0.15) is 5.75 Å². The monoisotopic (exact) mass is 261 g/mol. The third-order valence-electron chi connectivity index (χ3n) is 2.23. The predicted octanol–water partition coefficient (Wildman–Crippen LogP) is 3.52. The molecule has 1 N–H and O–H groups in total. The number of alkyl halides is 3. The van der Waals surface area contributed by atoms with Crippen LogP contribution in [0.1, 0.15) is 26.3 Å². The van der Waals surface area contributed by atoms with Gasteiger partial charge in [0.15, 0.2) is 0 Å². The predicted molar refractivity (Wildman–Crippen MR) is 64.6 cm³/mol. The molecule has 0 saturated carbocycles. The molecule has 0 amide bonds. The molecule has 0 fully saturated rings. The fraction of sp³-hybridized carbons (Fsp3) is 0.538. The van der Waals surface area contributed by atoms with Gasteiger partial charge in [0.2, 0.25) is 0 Å². The van der Waals surface area contributed by atoms with E-state index in [1.807, 2.05) is 0 Å². The summed E-state index contributed by atoms with van der Waals surface area (Å²) in [5, 5.41) is 3.31. The van der Waals surface area contributed by atoms with Crippen LogP contribution in [0.4, 0.5) is 13.2 Å². The van der Waals surface area contributed by atoms with Crippen molar-refractivity contribution in [1.29, 1.82) is 0 Å². The first-order valence-electron chi connectivity index (χ1n) is 5.75. The fourth-order valence-electron chi connectivity index (χ4n) is 1.44. The molecule has 0 heterocycles. The Morgan fingerprint density at radius 3 is 2.06 bits per heavy atom. The minimum atomic E-state index is -4.63. The van der Waals surface area contributed by atoms with Crippen LogP contribution < -0.4 is 10.1 Å². The molecule has 0 aliphatic rings. The van der Waals surface area contributed by atoms with Gasteiger partial charge in [0.25, 0.3) is 0 Å². The largest absolute Gasteiger partial charge is 0.573 e. The molecule has 1 aromatic carbocycles. The molecule has 102 valence electrons. The van der Waals surface area contributed by atoms with Crippen LogP contribution in [0.5, 0.6) is 5.75 Å². The van der Waals surface area contributed by atoms with Gasteiger partial charge in [-0.05, 0) is 51.4 Å². The van der Waals surface area contributed by atoms with Gasteiger partial charge in [-0.3, -0.25) is 0 Å². The van der Waals surface area contributed by atoms with Crippen molar-refractivity contribution >= 4 is 0 Å². The summed E-state index contributed by atoms with van der Waals surface area (Å²) in [7, 11) is 0. The Morgan fingerprint density at radius 1 is 1.06 bits per heavy atom. The summed E-state index contributed by atoms with van der Waals surface area (Å²) in [6.45, 7) is 6.97. The number of nitrogens with one attached hydrogen (secondary N) is 1. The van der Waals surface area contributed by atoms with E-state index in [1.165, 1.54) is 12.1 Å². The van der Waals surface area contributed by atoms with Crippen LogP contribution in [-0.2, 0) is 6.42 Å². The summed E-state index contributed by atoms with van der Waals surface area (Å²) in [5.41, 5.74) is 1.01. The van der Waals surface area contributed by atoms with Gasteiger partial charge in [-0.15, -0.1) is 13.2 Å². The molecule has 5 heteroatoms. The molecule has 0 aromatic heterocycles. The highest BCUT2D eigenvalue weighted by molar-refractivity contribution is 5.27. The van der Waals surface area contributed by atoms with Crippen molar-refractivity contribution in [3.8, 4) is 5.75 Å². The molecule has 0 unspecified atom stereocenters. The number of hydrogen-bond acceptors (Lipinski definition) is 2. The van der Waals surface area contributed by atoms with E-state index in [1.54, 1.807) is 12.1 Å². The highest BCUT2D eigenvalue weighted by Crippen LogP contribution is 2.22. The van der Waals surface area contributed by atoms with Gasteiger partial charge in [0, 0.05) is 5.54 Å². The van der Waals surface area contributed by atoms with Crippen molar-refractivity contribution in [3.63, 3.8) is 0 Å². The minimum Gasteiger partial charge on any atom is -0.406 e. The van der Waals surface area contributed by atoms with Crippen LogP contribution in [-0.4, -0.2) is 18.4 Å². The summed E-state index contributed by atoms with van der Waals surface area (Å²) in [4.78, 5) is 0. The van der Waals surface area contributed by atoms with E-state index in [0.29, 0.717) is 0 Å². The molecule has 0 atom stereocenters. The second-order valence-electron chi connectivity index (χ2n) is 5.12. The first-order chi connectivity index (χ1) is 8.16. The summed E-state index contributed by atoms with van der Waals surface area (Å²) < 4.78 is 39.6. The molecule has 0 aliphatic heterocycles. The molecule has 0 spiro atoms. The van der Waals surface area contributed by atoms with E-state index in [-0.39, 0.29) is 11.3 Å². The van der Waals surface area contributed by atoms with Gasteiger partial charge >= 0.3 is 6.36 Å². The van der Waals surface area contributed by atoms with E-state index in [2.05, 4.69) is 30.8 Å². The average molecular weight is 261 g/mol. The second-order valence-corrected chi connectivity index (χ2v) is 5.12. The van der Waals surface area contributed by atoms with Crippen molar-refractivity contribution in [3.05, 3.63) is 29.8 Å². The fourth-order valence-corrected chi connectivity index (χ4v) is 1.44. The molecule has 0 saturated heterocycles. The highest BCUT2D eigenvalue weighted by atomic mass is 19.4. The Kier molecular flexibility index (Phi) is 4.62. The van der Waals surface area contributed by atoms with Crippen LogP contribution >= 0.6 is 0 Å². The zero-order chi connectivity index (χ0) is 13.8. The standard InChI is InChI=1S/C13H18F3NO/c1-12(2,3)17-9-8-10-4-6-11(7-5-10)18-13(14,15)16/h4-7,17H,8-9H2,1-3H3. The lowest BCUT2D eigenvalue weighted by molar-refractivity contribution is -0.274. The van der Waals surface area contributed by atoms with Gasteiger partial charge in [-0.25, -0.2) is 0 Å². The van der Waals surface area contributed by atoms with Crippen LogP contribution in [0.15, 0.2) is 24.3 Å². The third-order valence-corrected chi connectivity index (χ3v) is 2.23. The summed E-state index contributed by atoms with van der Waals surface area (Å²) in [6.07, 6.45) is -3.86. The summed E-state index contributed by atoms with van der Waals surface area (Å²) in [5.74, 6) is -0.185. The Labute approximate surface area is 105 Å². The first kappa shape index (κ1) is 14.8. The molecule has 0 aliphatic carbocycles. The number of benzene rings is 1. The SMILES string of the molecule is CC(C)(C)NCCc1ccc(OC(F)(F)F)cc1. The van der Waals surface area contributed by atoms with Crippen molar-refractivity contribution in [1.82, 2.24) is 5.32 Å². The maximum absolute atomic E-state index is 11.9. The number of halogens is 3. The molecule has 1 aromatic rings. The molecule has 0 radical (unpaired) electrons. The summed E-state index contributed by atoms with van der Waals surface area (Å²) >= 11 is 0. The molecule has 18 heavy (non-hydrogen) atoms. The van der Waals surface area contributed by atoms with E-state index < -0.39 is 6.36 Å². The average Bonchev–Trinajstić information content (AvgIpc) is 2.16. The van der Waals surface area contributed by atoms with Crippen LogP contribution in [0.3, 0.4) is 0 Å². The van der Waals surface area contributed by atoms with Crippen LogP contribution in [0.2, 0.25) is 0 Å². The molecule has 0 bridgehead atoms. The van der Waals surface area contributed by atoms with Crippen molar-refractivity contribution in [2.45, 2.75) is 39.1 Å². The molecule has 2 nitrogen and oxygen atoms in total. The third kappa shape index (κ3) is 6.49. The van der Waals surface area contributed by atoms with Crippen molar-refractivity contribution in [2.24, 2.45) is 0 Å². The lowest BCUT2D eigenvalue weighted by Crippen LogP contribution is -2.37. The summed E-state index contributed by atoms with van der Waals surface area (Å²) in [6, 6.07) is 5.96. The normalized spacial score (nSPS) is 12.6. The van der Waals surface area contributed by atoms with E-state index in [9.17, 15) is 13.2 Å². The zero-order valence-electron chi connectivity index (χ0n) is 10.8. The highest BCUT2D eigenvalue weighted by Gasteiger charge is 2.30. The molecular formula is C13H18F3NO. The maximum atomic E-state index is 11.9. The minimum absolute atomic E-state index is 0.0410. The smallest absolute Gasteiger partial charge is 0.406 e. The van der Waals surface area contributed by atoms with E-state index in [4.69, 9.17) is 0 Å². The van der Waals surface area contributed by atoms with Crippen molar-refractivity contribution in [2.75, 3.05) is 6.54 Å². The number of rotatable bonds is 4. The van der Waals surface area contributed by atoms with Gasteiger partial charge < -0.3 is 10.1 Å². The Bertz CT molecular complexity index is 365. The Balaban J connectivity index is 2.46. The Hall–Kier alpha value is -1.23. The lowest BCUT2D eigenvalue weighted by Gasteiger charge is -2.20. The van der Waals surface area contributed by atoms with Gasteiger partial charge in [-0.1, -0.05) is 12.1 Å². The number of hydrogen-bond donors (Lipinski definition) is 1. The van der Waals surface area contributed by atoms with Crippen LogP contribution in [0.25, 0.3) is 0 Å². The second kappa shape index (κ2) is 5.61. The van der Waals surface area contributed by atoms with Crippen LogP contribution in [0, 0.1) is 0 Å². The molecule has 1 rings (SSSR count). The lowest BCUT2D eigenvalue weighted by atomic mass is 10.1. The van der Waals surface area contributed by atoms with Gasteiger partial charge in [0.05, 0.1) is 0 Å². The molecular weight excluding hydrogens is 243 g/mol. The van der Waals surface area contributed by atoms with Gasteiger partial charge in [-0.2, -0.15) is 0 Å². The first-order valence-corrected chi connectivity index (χ1v) is 5.75. The van der Waals surface area contributed by atoms with E-state index >= 15 is 0 Å².